The molecule has 1 spiro atoms. The summed E-state index contributed by atoms with van der Waals surface area (Å²) in [6.45, 7) is 11.0. The normalized spacial score (nSPS) is 25.7. The molecule has 0 aromatic carbocycles. The van der Waals surface area contributed by atoms with E-state index in [1.165, 1.54) is 36.7 Å². The zero-order chi connectivity index (χ0) is 16.0. The molecule has 0 N–H and O–H groups in total. The molecule has 2 aliphatic heterocycles. The van der Waals surface area contributed by atoms with Crippen molar-refractivity contribution in [3.8, 4) is 0 Å². The van der Waals surface area contributed by atoms with Gasteiger partial charge in [0.05, 0.1) is 18.9 Å². The summed E-state index contributed by atoms with van der Waals surface area (Å²) in [6, 6.07) is 3.06. The Balaban J connectivity index is 1.26. The summed E-state index contributed by atoms with van der Waals surface area (Å²) in [5.41, 5.74) is 1.80. The van der Waals surface area contributed by atoms with Crippen molar-refractivity contribution in [1.82, 2.24) is 19.0 Å². The number of rotatable bonds is 4. The molecule has 0 amide bonds. The molecule has 5 nitrogen and oxygen atoms in total. The van der Waals surface area contributed by atoms with Crippen LogP contribution in [0.25, 0.3) is 0 Å². The predicted octanol–water partition coefficient (Wildman–Crippen LogP) is 2.35. The molecule has 3 fully saturated rings. The first-order valence-electron chi connectivity index (χ1n) is 8.83. The van der Waals surface area contributed by atoms with Gasteiger partial charge in [-0.25, -0.2) is 4.31 Å². The van der Waals surface area contributed by atoms with Crippen LogP contribution < -0.4 is 0 Å². The maximum absolute atomic E-state index is 5.46. The number of nitrogens with zero attached hydrogens (tertiary/aromatic N) is 4. The van der Waals surface area contributed by atoms with E-state index in [1.54, 1.807) is 0 Å². The first-order chi connectivity index (χ1) is 11.0. The average molecular weight is 337 g/mol. The molecule has 1 aliphatic carbocycles. The van der Waals surface area contributed by atoms with E-state index in [-0.39, 0.29) is 0 Å². The molecule has 2 saturated heterocycles. The fraction of sp³-hybridized carbons (Fsp3) is 0.824. The van der Waals surface area contributed by atoms with Gasteiger partial charge in [-0.1, -0.05) is 13.8 Å². The molecule has 128 valence electrons. The summed E-state index contributed by atoms with van der Waals surface area (Å²) in [7, 11) is 2.06. The Morgan fingerprint density at radius 2 is 1.96 bits per heavy atom. The van der Waals surface area contributed by atoms with Crippen molar-refractivity contribution in [3.63, 3.8) is 0 Å². The van der Waals surface area contributed by atoms with Crippen molar-refractivity contribution >= 4 is 11.9 Å². The lowest BCUT2D eigenvalue weighted by Crippen LogP contribution is -2.65. The summed E-state index contributed by atoms with van der Waals surface area (Å²) < 4.78 is 10.0. The standard InChI is InChI=1S/C17H28N4OS/c1-13(2)15-8-16(19(3)18-15)23-21-11-17(12-21)9-14(10-17)20-4-6-22-7-5-20/h8,13-14H,4-7,9-12H2,1-3H3. The minimum atomic E-state index is 0.499. The SMILES string of the molecule is CC(C)c1cc(SN2CC3(CC(N4CCOCC4)C3)C2)n(C)n1. The van der Waals surface area contributed by atoms with Crippen LogP contribution in [0.2, 0.25) is 0 Å². The van der Waals surface area contributed by atoms with E-state index in [0.29, 0.717) is 11.3 Å². The van der Waals surface area contributed by atoms with Crippen LogP contribution in [-0.2, 0) is 11.8 Å². The largest absolute Gasteiger partial charge is 0.379 e. The Hall–Kier alpha value is -0.560. The maximum Gasteiger partial charge on any atom is 0.109 e. The van der Waals surface area contributed by atoms with Crippen LogP contribution in [0.1, 0.15) is 38.3 Å². The monoisotopic (exact) mass is 336 g/mol. The number of aryl methyl sites for hydroxylation is 1. The molecule has 6 heteroatoms. The highest BCUT2D eigenvalue weighted by Crippen LogP contribution is 2.53. The molecule has 3 aliphatic rings. The van der Waals surface area contributed by atoms with Gasteiger partial charge in [0.2, 0.25) is 0 Å². The summed E-state index contributed by atoms with van der Waals surface area (Å²) >= 11 is 1.88. The second-order valence-corrected chi connectivity index (χ2v) is 8.90. The van der Waals surface area contributed by atoms with E-state index >= 15 is 0 Å². The molecule has 1 aromatic rings. The van der Waals surface area contributed by atoms with E-state index in [0.717, 1.165) is 32.3 Å². The van der Waals surface area contributed by atoms with Gasteiger partial charge in [-0.3, -0.25) is 9.58 Å². The van der Waals surface area contributed by atoms with Gasteiger partial charge in [-0.2, -0.15) is 5.10 Å². The molecule has 0 bridgehead atoms. The summed E-state index contributed by atoms with van der Waals surface area (Å²) in [5.74, 6) is 0.499. The Labute approximate surface area is 143 Å². The molecule has 3 heterocycles. The van der Waals surface area contributed by atoms with Gasteiger partial charge in [0, 0.05) is 44.7 Å². The Morgan fingerprint density at radius 3 is 2.57 bits per heavy atom. The predicted molar refractivity (Wildman–Crippen MR) is 92.6 cm³/mol. The fourth-order valence-corrected chi connectivity index (χ4v) is 5.41. The number of morpholine rings is 1. The third-order valence-electron chi connectivity index (χ3n) is 5.59. The lowest BCUT2D eigenvalue weighted by atomic mass is 9.61. The highest BCUT2D eigenvalue weighted by Gasteiger charge is 2.54. The summed E-state index contributed by atoms with van der Waals surface area (Å²) in [6.07, 6.45) is 2.76. The second-order valence-electron chi connectivity index (χ2n) is 7.79. The van der Waals surface area contributed by atoms with Crippen molar-refractivity contribution in [1.29, 1.82) is 0 Å². The molecule has 0 atom stereocenters. The first kappa shape index (κ1) is 15.9. The van der Waals surface area contributed by atoms with Crippen LogP contribution in [0, 0.1) is 5.41 Å². The molecule has 4 rings (SSSR count). The van der Waals surface area contributed by atoms with E-state index < -0.39 is 0 Å². The average Bonchev–Trinajstić information content (AvgIpc) is 2.82. The Bertz CT molecular complexity index is 553. The molecule has 23 heavy (non-hydrogen) atoms. The highest BCUT2D eigenvalue weighted by molar-refractivity contribution is 7.97. The molecule has 1 aromatic heterocycles. The van der Waals surface area contributed by atoms with Crippen LogP contribution in [0.15, 0.2) is 11.1 Å². The smallest absolute Gasteiger partial charge is 0.109 e. The molecule has 1 saturated carbocycles. The van der Waals surface area contributed by atoms with E-state index in [2.05, 4.69) is 41.3 Å². The van der Waals surface area contributed by atoms with Gasteiger partial charge in [0.15, 0.2) is 0 Å². The zero-order valence-electron chi connectivity index (χ0n) is 14.5. The Kier molecular flexibility index (Phi) is 4.20. The van der Waals surface area contributed by atoms with Gasteiger partial charge < -0.3 is 4.74 Å². The second kappa shape index (κ2) is 6.06. The van der Waals surface area contributed by atoms with Gasteiger partial charge in [-0.05, 0) is 36.8 Å². The van der Waals surface area contributed by atoms with Crippen LogP contribution in [0.5, 0.6) is 0 Å². The quantitative estimate of drug-likeness (QED) is 0.789. The lowest BCUT2D eigenvalue weighted by molar-refractivity contribution is -0.0942. The minimum absolute atomic E-state index is 0.499. The van der Waals surface area contributed by atoms with Crippen molar-refractivity contribution < 1.29 is 4.74 Å². The molecule has 0 unspecified atom stereocenters. The van der Waals surface area contributed by atoms with E-state index in [1.807, 2.05) is 16.6 Å². The van der Waals surface area contributed by atoms with Gasteiger partial charge in [0.1, 0.15) is 5.03 Å². The zero-order valence-corrected chi connectivity index (χ0v) is 15.3. The summed E-state index contributed by atoms with van der Waals surface area (Å²) in [5, 5.41) is 5.89. The van der Waals surface area contributed by atoms with Gasteiger partial charge in [-0.15, -0.1) is 0 Å². The van der Waals surface area contributed by atoms with Crippen LogP contribution in [0.4, 0.5) is 0 Å². The fourth-order valence-electron chi connectivity index (χ4n) is 4.14. The van der Waals surface area contributed by atoms with Crippen LogP contribution in [-0.4, -0.2) is 64.4 Å². The van der Waals surface area contributed by atoms with Crippen molar-refractivity contribution in [2.75, 3.05) is 39.4 Å². The number of hydrogen-bond donors (Lipinski definition) is 0. The molecular formula is C17H28N4OS. The number of aromatic nitrogens is 2. The maximum atomic E-state index is 5.46. The van der Waals surface area contributed by atoms with E-state index in [9.17, 15) is 0 Å². The third kappa shape index (κ3) is 3.06. The van der Waals surface area contributed by atoms with Crippen molar-refractivity contribution in [2.24, 2.45) is 12.5 Å². The highest BCUT2D eigenvalue weighted by atomic mass is 32.2. The first-order valence-corrected chi connectivity index (χ1v) is 9.61. The van der Waals surface area contributed by atoms with Crippen LogP contribution in [0.3, 0.4) is 0 Å². The van der Waals surface area contributed by atoms with Gasteiger partial charge in [0.25, 0.3) is 0 Å². The number of hydrogen-bond acceptors (Lipinski definition) is 5. The topological polar surface area (TPSA) is 33.5 Å². The third-order valence-corrected chi connectivity index (χ3v) is 6.68. The van der Waals surface area contributed by atoms with Crippen molar-refractivity contribution in [3.05, 3.63) is 11.8 Å². The molecular weight excluding hydrogens is 308 g/mol. The minimum Gasteiger partial charge on any atom is -0.379 e. The van der Waals surface area contributed by atoms with Crippen molar-refractivity contribution in [2.45, 2.75) is 43.7 Å². The van der Waals surface area contributed by atoms with Gasteiger partial charge >= 0.3 is 0 Å². The van der Waals surface area contributed by atoms with E-state index in [4.69, 9.17) is 4.74 Å². The summed E-state index contributed by atoms with van der Waals surface area (Å²) in [4.78, 5) is 2.64. The lowest BCUT2D eigenvalue weighted by Gasteiger charge is -2.60. The Morgan fingerprint density at radius 1 is 1.26 bits per heavy atom. The van der Waals surface area contributed by atoms with Crippen LogP contribution >= 0.6 is 11.9 Å². The molecule has 0 radical (unpaired) electrons. The number of ether oxygens (including phenoxy) is 1.